The van der Waals surface area contributed by atoms with Crippen LogP contribution in [0.5, 0.6) is 5.75 Å². The minimum absolute atomic E-state index is 0.326. The van der Waals surface area contributed by atoms with Crippen LogP contribution in [0, 0.1) is 0 Å². The van der Waals surface area contributed by atoms with Crippen molar-refractivity contribution in [2.45, 2.75) is 19.4 Å². The molecule has 3 heteroatoms. The molecule has 0 aromatic heterocycles. The summed E-state index contributed by atoms with van der Waals surface area (Å²) in [7, 11) is 0. The molecule has 0 amide bonds. The highest BCUT2D eigenvalue weighted by Crippen LogP contribution is 2.25. The predicted molar refractivity (Wildman–Crippen MR) is 61.1 cm³/mol. The third kappa shape index (κ3) is 2.24. The van der Waals surface area contributed by atoms with Gasteiger partial charge in [0.05, 0.1) is 6.61 Å². The zero-order valence-corrected chi connectivity index (χ0v) is 9.18. The number of esters is 1. The van der Waals surface area contributed by atoms with Gasteiger partial charge in [0.25, 0.3) is 0 Å². The maximum atomic E-state index is 11.6. The molecule has 3 nitrogen and oxygen atoms in total. The van der Waals surface area contributed by atoms with E-state index < -0.39 is 6.10 Å². The molecule has 1 atom stereocenters. The second kappa shape index (κ2) is 4.84. The standard InChI is InChI=1S/C13H14O3/c1-2-9-15-13(14)12-8-7-10-5-3-4-6-11(10)16-12/h3-8,12H,2,9H2,1H3. The first-order valence-electron chi connectivity index (χ1n) is 5.42. The van der Waals surface area contributed by atoms with Gasteiger partial charge in [-0.25, -0.2) is 4.79 Å². The maximum Gasteiger partial charge on any atom is 0.351 e. The van der Waals surface area contributed by atoms with Crippen LogP contribution in [0.4, 0.5) is 0 Å². The van der Waals surface area contributed by atoms with Gasteiger partial charge in [-0.05, 0) is 18.6 Å². The molecule has 0 bridgehead atoms. The van der Waals surface area contributed by atoms with Crippen molar-refractivity contribution >= 4 is 12.0 Å². The van der Waals surface area contributed by atoms with E-state index in [2.05, 4.69) is 0 Å². The fourth-order valence-corrected chi connectivity index (χ4v) is 1.50. The van der Waals surface area contributed by atoms with Crippen molar-refractivity contribution in [3.63, 3.8) is 0 Å². The first-order chi connectivity index (χ1) is 7.81. The fraction of sp³-hybridized carbons (Fsp3) is 0.308. The van der Waals surface area contributed by atoms with Gasteiger partial charge in [0, 0.05) is 5.56 Å². The van der Waals surface area contributed by atoms with Crippen LogP contribution in [0.1, 0.15) is 18.9 Å². The summed E-state index contributed by atoms with van der Waals surface area (Å²) in [5, 5.41) is 0. The molecular formula is C13H14O3. The van der Waals surface area contributed by atoms with Crippen molar-refractivity contribution in [3.8, 4) is 5.75 Å². The van der Waals surface area contributed by atoms with E-state index in [4.69, 9.17) is 9.47 Å². The van der Waals surface area contributed by atoms with E-state index >= 15 is 0 Å². The molecule has 0 spiro atoms. The topological polar surface area (TPSA) is 35.5 Å². The van der Waals surface area contributed by atoms with Gasteiger partial charge >= 0.3 is 5.97 Å². The second-order valence-electron chi connectivity index (χ2n) is 3.60. The molecule has 0 fully saturated rings. The third-order valence-corrected chi connectivity index (χ3v) is 2.30. The van der Waals surface area contributed by atoms with Gasteiger partial charge in [-0.1, -0.05) is 31.2 Å². The normalized spacial score (nSPS) is 17.4. The van der Waals surface area contributed by atoms with Crippen molar-refractivity contribution in [2.75, 3.05) is 6.61 Å². The van der Waals surface area contributed by atoms with E-state index in [0.717, 1.165) is 17.7 Å². The molecule has 1 unspecified atom stereocenters. The fourth-order valence-electron chi connectivity index (χ4n) is 1.50. The summed E-state index contributed by atoms with van der Waals surface area (Å²) in [5.41, 5.74) is 0.988. The molecule has 1 heterocycles. The molecule has 1 aliphatic heterocycles. The molecule has 84 valence electrons. The Morgan fingerprint density at radius 1 is 1.44 bits per heavy atom. The number of hydrogen-bond acceptors (Lipinski definition) is 3. The van der Waals surface area contributed by atoms with Crippen molar-refractivity contribution in [1.29, 1.82) is 0 Å². The molecule has 0 aliphatic carbocycles. The Labute approximate surface area is 94.7 Å². The van der Waals surface area contributed by atoms with Gasteiger partial charge < -0.3 is 9.47 Å². The number of carbonyl (C=O) groups is 1. The first kappa shape index (κ1) is 10.7. The molecule has 0 saturated heterocycles. The summed E-state index contributed by atoms with van der Waals surface area (Å²) in [4.78, 5) is 11.6. The molecule has 1 aromatic carbocycles. The van der Waals surface area contributed by atoms with Crippen LogP contribution in [-0.2, 0) is 9.53 Å². The molecule has 1 aliphatic rings. The Bertz CT molecular complexity index is 409. The largest absolute Gasteiger partial charge is 0.474 e. The van der Waals surface area contributed by atoms with Crippen molar-refractivity contribution in [1.82, 2.24) is 0 Å². The number of hydrogen-bond donors (Lipinski definition) is 0. The molecule has 0 saturated carbocycles. The van der Waals surface area contributed by atoms with Crippen molar-refractivity contribution < 1.29 is 14.3 Å². The lowest BCUT2D eigenvalue weighted by molar-refractivity contribution is -0.149. The third-order valence-electron chi connectivity index (χ3n) is 2.30. The van der Waals surface area contributed by atoms with Crippen molar-refractivity contribution in [2.24, 2.45) is 0 Å². The van der Waals surface area contributed by atoms with E-state index in [1.807, 2.05) is 37.3 Å². The number of carbonyl (C=O) groups excluding carboxylic acids is 1. The highest BCUT2D eigenvalue weighted by molar-refractivity contribution is 5.80. The molecule has 1 aromatic rings. The van der Waals surface area contributed by atoms with Crippen LogP contribution in [0.2, 0.25) is 0 Å². The Morgan fingerprint density at radius 2 is 2.25 bits per heavy atom. The quantitative estimate of drug-likeness (QED) is 0.731. The summed E-state index contributed by atoms with van der Waals surface area (Å²) >= 11 is 0. The highest BCUT2D eigenvalue weighted by atomic mass is 16.6. The van der Waals surface area contributed by atoms with E-state index in [0.29, 0.717) is 6.61 Å². The molecule has 0 radical (unpaired) electrons. The van der Waals surface area contributed by atoms with Crippen LogP contribution in [0.15, 0.2) is 30.3 Å². The summed E-state index contributed by atoms with van der Waals surface area (Å²) in [6.45, 7) is 2.40. The molecule has 2 rings (SSSR count). The van der Waals surface area contributed by atoms with Gasteiger partial charge in [-0.2, -0.15) is 0 Å². The lowest BCUT2D eigenvalue weighted by atomic mass is 10.1. The summed E-state index contributed by atoms with van der Waals surface area (Å²) in [6.07, 6.45) is 3.82. The predicted octanol–water partition coefficient (Wildman–Crippen LogP) is 2.41. The molecular weight excluding hydrogens is 204 g/mol. The SMILES string of the molecule is CCCOC(=O)C1C=Cc2ccccc2O1. The Hall–Kier alpha value is -1.77. The van der Waals surface area contributed by atoms with E-state index in [9.17, 15) is 4.79 Å². The minimum Gasteiger partial charge on any atom is -0.474 e. The Morgan fingerprint density at radius 3 is 3.06 bits per heavy atom. The van der Waals surface area contributed by atoms with Gasteiger partial charge in [-0.15, -0.1) is 0 Å². The van der Waals surface area contributed by atoms with Gasteiger partial charge in [0.2, 0.25) is 6.10 Å². The number of rotatable bonds is 3. The number of benzene rings is 1. The average Bonchev–Trinajstić information content (AvgIpc) is 2.35. The lowest BCUT2D eigenvalue weighted by Crippen LogP contribution is -2.29. The van der Waals surface area contributed by atoms with Crippen LogP contribution < -0.4 is 4.74 Å². The van der Waals surface area contributed by atoms with E-state index in [1.165, 1.54) is 0 Å². The average molecular weight is 218 g/mol. The van der Waals surface area contributed by atoms with Gasteiger partial charge in [0.1, 0.15) is 5.75 Å². The van der Waals surface area contributed by atoms with Crippen LogP contribution >= 0.6 is 0 Å². The number of para-hydroxylation sites is 1. The minimum atomic E-state index is -0.610. The Balaban J connectivity index is 2.05. The Kier molecular flexibility index (Phi) is 3.25. The van der Waals surface area contributed by atoms with Crippen molar-refractivity contribution in [3.05, 3.63) is 35.9 Å². The smallest absolute Gasteiger partial charge is 0.351 e. The monoisotopic (exact) mass is 218 g/mol. The summed E-state index contributed by atoms with van der Waals surface area (Å²) < 4.78 is 10.6. The van der Waals surface area contributed by atoms with Crippen LogP contribution in [0.3, 0.4) is 0 Å². The zero-order chi connectivity index (χ0) is 11.4. The molecule has 0 N–H and O–H groups in total. The first-order valence-corrected chi connectivity index (χ1v) is 5.42. The van der Waals surface area contributed by atoms with Crippen LogP contribution in [-0.4, -0.2) is 18.7 Å². The summed E-state index contributed by atoms with van der Waals surface area (Å²) in [5.74, 6) is 0.399. The lowest BCUT2D eigenvalue weighted by Gasteiger charge is -2.19. The zero-order valence-electron chi connectivity index (χ0n) is 9.18. The number of fused-ring (bicyclic) bond motifs is 1. The summed E-state index contributed by atoms with van der Waals surface area (Å²) in [6, 6.07) is 7.60. The molecule has 16 heavy (non-hydrogen) atoms. The van der Waals surface area contributed by atoms with E-state index in [-0.39, 0.29) is 5.97 Å². The van der Waals surface area contributed by atoms with Gasteiger partial charge in [0.15, 0.2) is 0 Å². The maximum absolute atomic E-state index is 11.6. The van der Waals surface area contributed by atoms with E-state index in [1.54, 1.807) is 6.08 Å². The van der Waals surface area contributed by atoms with Crippen LogP contribution in [0.25, 0.3) is 6.08 Å². The number of ether oxygens (including phenoxy) is 2. The highest BCUT2D eigenvalue weighted by Gasteiger charge is 2.22. The second-order valence-corrected chi connectivity index (χ2v) is 3.60. The van der Waals surface area contributed by atoms with Gasteiger partial charge in [-0.3, -0.25) is 0 Å².